The van der Waals surface area contributed by atoms with Gasteiger partial charge in [-0.25, -0.2) is 0 Å². The van der Waals surface area contributed by atoms with Gasteiger partial charge in [0.05, 0.1) is 0 Å². The lowest BCUT2D eigenvalue weighted by molar-refractivity contribution is -0.121. The van der Waals surface area contributed by atoms with Crippen molar-refractivity contribution in [3.63, 3.8) is 0 Å². The summed E-state index contributed by atoms with van der Waals surface area (Å²) in [4.78, 5) is 22.2. The quantitative estimate of drug-likeness (QED) is 0.706. The van der Waals surface area contributed by atoms with Gasteiger partial charge in [0.2, 0.25) is 11.8 Å². The molecule has 5 nitrogen and oxygen atoms in total. The van der Waals surface area contributed by atoms with Crippen LogP contribution < -0.4 is 16.4 Å². The minimum Gasteiger partial charge on any atom is -0.385 e. The fourth-order valence-corrected chi connectivity index (χ4v) is 1.47. The number of carbonyl (C=O) groups is 2. The van der Waals surface area contributed by atoms with Crippen LogP contribution >= 0.6 is 0 Å². The molecule has 0 aromatic heterocycles. The van der Waals surface area contributed by atoms with Crippen LogP contribution in [0.3, 0.4) is 0 Å². The molecule has 0 atom stereocenters. The Morgan fingerprint density at radius 1 is 1.22 bits per heavy atom. The molecule has 0 aliphatic carbocycles. The molecule has 1 aromatic carbocycles. The molecule has 0 saturated heterocycles. The van der Waals surface area contributed by atoms with Gasteiger partial charge in [0.1, 0.15) is 0 Å². The molecule has 18 heavy (non-hydrogen) atoms. The molecule has 1 aromatic rings. The third-order valence-corrected chi connectivity index (χ3v) is 2.30. The summed E-state index contributed by atoms with van der Waals surface area (Å²) in [6.07, 6.45) is 0.412. The number of benzene rings is 1. The van der Waals surface area contributed by atoms with E-state index in [1.807, 2.05) is 13.8 Å². The van der Waals surface area contributed by atoms with Gasteiger partial charge in [0, 0.05) is 30.3 Å². The molecule has 0 bridgehead atoms. The molecule has 0 heterocycles. The Morgan fingerprint density at radius 2 is 1.83 bits per heavy atom. The van der Waals surface area contributed by atoms with E-state index in [0.717, 1.165) is 5.69 Å². The number of rotatable bonds is 6. The highest BCUT2D eigenvalue weighted by atomic mass is 16.2. The lowest BCUT2D eigenvalue weighted by Gasteiger charge is -2.09. The Hall–Kier alpha value is -2.04. The molecule has 2 amide bonds. The summed E-state index contributed by atoms with van der Waals surface area (Å²) in [5, 5.41) is 5.91. The van der Waals surface area contributed by atoms with Gasteiger partial charge in [-0.2, -0.15) is 0 Å². The summed E-state index contributed by atoms with van der Waals surface area (Å²) < 4.78 is 0. The van der Waals surface area contributed by atoms with E-state index in [-0.39, 0.29) is 11.9 Å². The first kappa shape index (κ1) is 14.0. The number of primary amides is 1. The van der Waals surface area contributed by atoms with Crippen LogP contribution in [-0.2, 0) is 4.79 Å². The Bertz CT molecular complexity index is 413. The van der Waals surface area contributed by atoms with Gasteiger partial charge >= 0.3 is 0 Å². The molecule has 5 heteroatoms. The van der Waals surface area contributed by atoms with Gasteiger partial charge in [0.15, 0.2) is 0 Å². The first-order chi connectivity index (χ1) is 8.49. The molecular formula is C13H19N3O2. The van der Waals surface area contributed by atoms with Crippen molar-refractivity contribution in [3.05, 3.63) is 29.8 Å². The second kappa shape index (κ2) is 6.64. The van der Waals surface area contributed by atoms with E-state index in [1.165, 1.54) is 0 Å². The van der Waals surface area contributed by atoms with E-state index in [0.29, 0.717) is 18.5 Å². The minimum absolute atomic E-state index is 0.0197. The van der Waals surface area contributed by atoms with Crippen LogP contribution in [0.4, 0.5) is 5.69 Å². The van der Waals surface area contributed by atoms with Crippen molar-refractivity contribution in [3.8, 4) is 0 Å². The van der Waals surface area contributed by atoms with Crippen LogP contribution in [0.25, 0.3) is 0 Å². The molecule has 1 rings (SSSR count). The van der Waals surface area contributed by atoms with E-state index in [9.17, 15) is 9.59 Å². The SMILES string of the molecule is CC(C)NC(=O)CCNc1ccc(C(N)=O)cc1. The van der Waals surface area contributed by atoms with Crippen LogP contribution in [0.5, 0.6) is 0 Å². The van der Waals surface area contributed by atoms with Crippen LogP contribution in [0.1, 0.15) is 30.6 Å². The number of amides is 2. The molecule has 0 aliphatic heterocycles. The first-order valence-electron chi connectivity index (χ1n) is 5.92. The number of anilines is 1. The summed E-state index contributed by atoms with van der Waals surface area (Å²) in [5.41, 5.74) is 6.47. The molecule has 0 aliphatic rings. The molecular weight excluding hydrogens is 230 g/mol. The van der Waals surface area contributed by atoms with Crippen molar-refractivity contribution in [1.82, 2.24) is 5.32 Å². The smallest absolute Gasteiger partial charge is 0.248 e. The van der Waals surface area contributed by atoms with Crippen molar-refractivity contribution in [2.24, 2.45) is 5.73 Å². The van der Waals surface area contributed by atoms with Crippen LogP contribution in [0, 0.1) is 0 Å². The largest absolute Gasteiger partial charge is 0.385 e. The molecule has 0 fully saturated rings. The third kappa shape index (κ3) is 4.86. The lowest BCUT2D eigenvalue weighted by atomic mass is 10.2. The van der Waals surface area contributed by atoms with Gasteiger partial charge in [0.25, 0.3) is 0 Å². The second-order valence-electron chi connectivity index (χ2n) is 4.34. The number of nitrogens with two attached hydrogens (primary N) is 1. The highest BCUT2D eigenvalue weighted by molar-refractivity contribution is 5.93. The van der Waals surface area contributed by atoms with Crippen LogP contribution in [0.2, 0.25) is 0 Å². The topological polar surface area (TPSA) is 84.2 Å². The predicted octanol–water partition coefficient (Wildman–Crippen LogP) is 1.11. The summed E-state index contributed by atoms with van der Waals surface area (Å²) in [6.45, 7) is 4.40. The Morgan fingerprint density at radius 3 is 2.33 bits per heavy atom. The molecule has 0 radical (unpaired) electrons. The predicted molar refractivity (Wildman–Crippen MR) is 71.3 cm³/mol. The van der Waals surface area contributed by atoms with Crippen molar-refractivity contribution < 1.29 is 9.59 Å². The van der Waals surface area contributed by atoms with E-state index in [2.05, 4.69) is 10.6 Å². The zero-order valence-corrected chi connectivity index (χ0v) is 10.7. The standard InChI is InChI=1S/C13H19N3O2/c1-9(2)16-12(17)7-8-15-11-5-3-10(4-6-11)13(14)18/h3-6,9,15H,7-8H2,1-2H3,(H2,14,18)(H,16,17). The number of carbonyl (C=O) groups excluding carboxylic acids is 2. The van der Waals surface area contributed by atoms with Gasteiger partial charge < -0.3 is 16.4 Å². The van der Waals surface area contributed by atoms with E-state index in [1.54, 1.807) is 24.3 Å². The number of hydrogen-bond acceptors (Lipinski definition) is 3. The minimum atomic E-state index is -0.446. The van der Waals surface area contributed by atoms with Gasteiger partial charge in [-0.1, -0.05) is 0 Å². The van der Waals surface area contributed by atoms with Crippen molar-refractivity contribution in [2.75, 3.05) is 11.9 Å². The molecule has 98 valence electrons. The highest BCUT2D eigenvalue weighted by Crippen LogP contribution is 2.08. The Balaban J connectivity index is 2.35. The lowest BCUT2D eigenvalue weighted by Crippen LogP contribution is -2.31. The summed E-state index contributed by atoms with van der Waals surface area (Å²) >= 11 is 0. The van der Waals surface area contributed by atoms with E-state index >= 15 is 0 Å². The average Bonchev–Trinajstić information content (AvgIpc) is 2.28. The molecule has 0 spiro atoms. The zero-order chi connectivity index (χ0) is 13.5. The first-order valence-corrected chi connectivity index (χ1v) is 5.92. The van der Waals surface area contributed by atoms with E-state index in [4.69, 9.17) is 5.73 Å². The molecule has 0 unspecified atom stereocenters. The van der Waals surface area contributed by atoms with Gasteiger partial charge in [-0.3, -0.25) is 9.59 Å². The fraction of sp³-hybridized carbons (Fsp3) is 0.385. The summed E-state index contributed by atoms with van der Waals surface area (Å²) in [7, 11) is 0. The normalized spacial score (nSPS) is 10.2. The van der Waals surface area contributed by atoms with Gasteiger partial charge in [-0.05, 0) is 38.1 Å². The summed E-state index contributed by atoms with van der Waals surface area (Å²) in [6, 6.07) is 6.99. The van der Waals surface area contributed by atoms with Crippen LogP contribution in [-0.4, -0.2) is 24.4 Å². The maximum absolute atomic E-state index is 11.4. The zero-order valence-electron chi connectivity index (χ0n) is 10.7. The maximum Gasteiger partial charge on any atom is 0.248 e. The molecule has 4 N–H and O–H groups in total. The highest BCUT2D eigenvalue weighted by Gasteiger charge is 2.03. The van der Waals surface area contributed by atoms with Crippen LogP contribution in [0.15, 0.2) is 24.3 Å². The second-order valence-corrected chi connectivity index (χ2v) is 4.34. The monoisotopic (exact) mass is 249 g/mol. The van der Waals surface area contributed by atoms with Crippen molar-refractivity contribution in [1.29, 1.82) is 0 Å². The van der Waals surface area contributed by atoms with Crippen molar-refractivity contribution >= 4 is 17.5 Å². The molecule has 0 saturated carbocycles. The third-order valence-electron chi connectivity index (χ3n) is 2.30. The van der Waals surface area contributed by atoms with E-state index < -0.39 is 5.91 Å². The summed E-state index contributed by atoms with van der Waals surface area (Å²) in [5.74, 6) is -0.427. The van der Waals surface area contributed by atoms with Gasteiger partial charge in [-0.15, -0.1) is 0 Å². The maximum atomic E-state index is 11.4. The van der Waals surface area contributed by atoms with Crippen molar-refractivity contribution in [2.45, 2.75) is 26.3 Å². The Labute approximate surface area is 107 Å². The average molecular weight is 249 g/mol. The Kier molecular flexibility index (Phi) is 5.17. The fourth-order valence-electron chi connectivity index (χ4n) is 1.47. The number of nitrogens with one attached hydrogen (secondary N) is 2. The number of hydrogen-bond donors (Lipinski definition) is 3.